The van der Waals surface area contributed by atoms with Gasteiger partial charge in [0.15, 0.2) is 6.61 Å². The van der Waals surface area contributed by atoms with Gasteiger partial charge in [0.1, 0.15) is 0 Å². The quantitative estimate of drug-likeness (QED) is 0.418. The molecular formula is C19H24N2O6S. The summed E-state index contributed by atoms with van der Waals surface area (Å²) in [5, 5.41) is 2.59. The number of nitrogens with one attached hydrogen (secondary N) is 1. The van der Waals surface area contributed by atoms with Gasteiger partial charge in [0.05, 0.1) is 18.1 Å². The van der Waals surface area contributed by atoms with Crippen LogP contribution in [-0.4, -0.2) is 57.5 Å². The van der Waals surface area contributed by atoms with Crippen LogP contribution in [0.5, 0.6) is 0 Å². The number of allylic oxidation sites excluding steroid dienone is 3. The summed E-state index contributed by atoms with van der Waals surface area (Å²) < 4.78 is 36.9. The lowest BCUT2D eigenvalue weighted by Crippen LogP contribution is -2.40. The van der Waals surface area contributed by atoms with E-state index in [0.717, 1.165) is 0 Å². The largest absolute Gasteiger partial charge is 0.452 e. The highest BCUT2D eigenvalue weighted by molar-refractivity contribution is 7.89. The van der Waals surface area contributed by atoms with Gasteiger partial charge in [-0.05, 0) is 31.5 Å². The first kappa shape index (κ1) is 21.8. The van der Waals surface area contributed by atoms with Crippen LogP contribution in [0.25, 0.3) is 0 Å². The molecule has 152 valence electrons. The van der Waals surface area contributed by atoms with Gasteiger partial charge in [-0.25, -0.2) is 13.2 Å². The predicted molar refractivity (Wildman–Crippen MR) is 104 cm³/mol. The van der Waals surface area contributed by atoms with Gasteiger partial charge in [0, 0.05) is 24.9 Å². The highest BCUT2D eigenvalue weighted by Gasteiger charge is 2.26. The maximum atomic E-state index is 12.8. The summed E-state index contributed by atoms with van der Waals surface area (Å²) in [6.07, 6.45) is 6.11. The van der Waals surface area contributed by atoms with Crippen molar-refractivity contribution in [3.63, 3.8) is 0 Å². The van der Waals surface area contributed by atoms with Crippen LogP contribution in [0, 0.1) is 6.92 Å². The number of benzene rings is 1. The lowest BCUT2D eigenvalue weighted by molar-refractivity contribution is -0.142. The fourth-order valence-electron chi connectivity index (χ4n) is 2.45. The molecule has 8 nitrogen and oxygen atoms in total. The molecule has 2 rings (SSSR count). The number of nitrogens with zero attached hydrogens (tertiary/aromatic N) is 1. The molecule has 0 spiro atoms. The van der Waals surface area contributed by atoms with Gasteiger partial charge in [0.25, 0.3) is 5.91 Å². The van der Waals surface area contributed by atoms with E-state index in [4.69, 9.17) is 9.47 Å². The summed E-state index contributed by atoms with van der Waals surface area (Å²) in [5.74, 6) is -1.20. The first-order valence-electron chi connectivity index (χ1n) is 8.79. The molecule has 1 heterocycles. The zero-order chi connectivity index (χ0) is 20.6. The summed E-state index contributed by atoms with van der Waals surface area (Å²) >= 11 is 0. The zero-order valence-corrected chi connectivity index (χ0v) is 16.7. The molecule has 0 bridgehead atoms. The Morgan fingerprint density at radius 1 is 1.25 bits per heavy atom. The van der Waals surface area contributed by atoms with Gasteiger partial charge >= 0.3 is 5.97 Å². The molecule has 1 aromatic rings. The molecule has 1 aliphatic rings. The highest BCUT2D eigenvalue weighted by atomic mass is 32.2. The molecule has 1 fully saturated rings. The Labute approximate surface area is 164 Å². The van der Waals surface area contributed by atoms with Crippen LogP contribution in [0.15, 0.2) is 47.4 Å². The average molecular weight is 408 g/mol. The molecule has 0 aromatic heterocycles. The number of esters is 1. The molecule has 0 unspecified atom stereocenters. The first-order valence-corrected chi connectivity index (χ1v) is 10.2. The summed E-state index contributed by atoms with van der Waals surface area (Å²) in [7, 11) is -3.67. The van der Waals surface area contributed by atoms with E-state index in [2.05, 4.69) is 5.32 Å². The molecule has 1 saturated heterocycles. The van der Waals surface area contributed by atoms with Gasteiger partial charge in [-0.3, -0.25) is 4.79 Å². The van der Waals surface area contributed by atoms with Crippen molar-refractivity contribution in [1.29, 1.82) is 0 Å². The Balaban J connectivity index is 2.04. The van der Waals surface area contributed by atoms with E-state index >= 15 is 0 Å². The molecule has 0 atom stereocenters. The number of rotatable bonds is 7. The van der Waals surface area contributed by atoms with Crippen LogP contribution >= 0.6 is 0 Å². The molecule has 1 aromatic carbocycles. The van der Waals surface area contributed by atoms with E-state index in [1.807, 2.05) is 0 Å². The van der Waals surface area contributed by atoms with Crippen LogP contribution in [0.2, 0.25) is 0 Å². The van der Waals surface area contributed by atoms with Crippen molar-refractivity contribution in [2.75, 3.05) is 38.2 Å². The molecule has 0 radical (unpaired) electrons. The number of hydrogen-bond donors (Lipinski definition) is 1. The molecule has 0 aliphatic carbocycles. The first-order chi connectivity index (χ1) is 13.3. The summed E-state index contributed by atoms with van der Waals surface area (Å²) in [4.78, 5) is 23.6. The SMILES string of the molecule is C/C=C/C=C/C(=O)OCC(=O)Nc1cc(S(=O)(=O)N2CCOCC2)ccc1C. The van der Waals surface area contributed by atoms with Crippen molar-refractivity contribution in [1.82, 2.24) is 4.31 Å². The second kappa shape index (κ2) is 10.2. The molecule has 1 amide bonds. The van der Waals surface area contributed by atoms with Crippen LogP contribution in [0.4, 0.5) is 5.69 Å². The third-order valence-corrected chi connectivity index (χ3v) is 5.87. The van der Waals surface area contributed by atoms with Crippen molar-refractivity contribution in [3.8, 4) is 0 Å². The lowest BCUT2D eigenvalue weighted by Gasteiger charge is -2.26. The Morgan fingerprint density at radius 2 is 1.96 bits per heavy atom. The fourth-order valence-corrected chi connectivity index (χ4v) is 3.88. The molecular weight excluding hydrogens is 384 g/mol. The van der Waals surface area contributed by atoms with Gasteiger partial charge in [0.2, 0.25) is 10.0 Å². The Bertz CT molecular complexity index is 870. The number of ether oxygens (including phenoxy) is 2. The van der Waals surface area contributed by atoms with Gasteiger partial charge < -0.3 is 14.8 Å². The number of carbonyl (C=O) groups is 2. The maximum Gasteiger partial charge on any atom is 0.331 e. The number of hydrogen-bond acceptors (Lipinski definition) is 6. The van der Waals surface area contributed by atoms with Crippen LogP contribution < -0.4 is 5.32 Å². The van der Waals surface area contributed by atoms with Crippen molar-refractivity contribution in [3.05, 3.63) is 48.1 Å². The van der Waals surface area contributed by atoms with Gasteiger partial charge in [-0.15, -0.1) is 0 Å². The van der Waals surface area contributed by atoms with Gasteiger partial charge in [-0.1, -0.05) is 24.3 Å². The molecule has 9 heteroatoms. The van der Waals surface area contributed by atoms with Crippen LogP contribution in [-0.2, 0) is 29.1 Å². The second-order valence-corrected chi connectivity index (χ2v) is 7.97. The molecule has 28 heavy (non-hydrogen) atoms. The number of anilines is 1. The van der Waals surface area contributed by atoms with E-state index in [1.165, 1.54) is 28.6 Å². The maximum absolute atomic E-state index is 12.8. The fraction of sp³-hybridized carbons (Fsp3) is 0.368. The highest BCUT2D eigenvalue weighted by Crippen LogP contribution is 2.23. The van der Waals surface area contributed by atoms with E-state index in [0.29, 0.717) is 24.5 Å². The molecule has 1 aliphatic heterocycles. The third-order valence-electron chi connectivity index (χ3n) is 3.97. The van der Waals surface area contributed by atoms with E-state index in [-0.39, 0.29) is 18.0 Å². The second-order valence-electron chi connectivity index (χ2n) is 6.03. The molecule has 0 saturated carbocycles. The minimum absolute atomic E-state index is 0.0848. The number of sulfonamides is 1. The van der Waals surface area contributed by atoms with Gasteiger partial charge in [-0.2, -0.15) is 4.31 Å². The standard InChI is InChI=1S/C19H24N2O6S/c1-3-4-5-6-19(23)27-14-18(22)20-17-13-16(8-7-15(17)2)28(24,25)21-9-11-26-12-10-21/h3-8,13H,9-12,14H2,1-2H3,(H,20,22)/b4-3+,6-5+. The van der Waals surface area contributed by atoms with Crippen molar-refractivity contribution in [2.45, 2.75) is 18.7 Å². The smallest absolute Gasteiger partial charge is 0.331 e. The summed E-state index contributed by atoms with van der Waals surface area (Å²) in [5.41, 5.74) is 1.04. The normalized spacial score (nSPS) is 15.8. The van der Waals surface area contributed by atoms with Crippen molar-refractivity contribution in [2.24, 2.45) is 0 Å². The Kier molecular flexibility index (Phi) is 7.91. The van der Waals surface area contributed by atoms with Crippen LogP contribution in [0.1, 0.15) is 12.5 Å². The van der Waals surface area contributed by atoms with Crippen molar-refractivity contribution < 1.29 is 27.5 Å². The average Bonchev–Trinajstić information content (AvgIpc) is 2.69. The monoisotopic (exact) mass is 408 g/mol. The minimum Gasteiger partial charge on any atom is -0.452 e. The third kappa shape index (κ3) is 6.01. The minimum atomic E-state index is -3.67. The topological polar surface area (TPSA) is 102 Å². The Hall–Kier alpha value is -2.49. The number of morpholine rings is 1. The Morgan fingerprint density at radius 3 is 2.64 bits per heavy atom. The summed E-state index contributed by atoms with van der Waals surface area (Å²) in [6, 6.07) is 4.53. The number of amides is 1. The lowest BCUT2D eigenvalue weighted by atomic mass is 10.2. The number of aryl methyl sites for hydroxylation is 1. The van der Waals surface area contributed by atoms with Crippen LogP contribution in [0.3, 0.4) is 0 Å². The van der Waals surface area contributed by atoms with Crippen molar-refractivity contribution >= 4 is 27.6 Å². The predicted octanol–water partition coefficient (Wildman–Crippen LogP) is 1.63. The van der Waals surface area contributed by atoms with E-state index in [9.17, 15) is 18.0 Å². The number of carbonyl (C=O) groups excluding carboxylic acids is 2. The van der Waals surface area contributed by atoms with E-state index in [1.54, 1.807) is 32.1 Å². The molecule has 1 N–H and O–H groups in total. The van der Waals surface area contributed by atoms with E-state index < -0.39 is 28.5 Å². The zero-order valence-electron chi connectivity index (χ0n) is 15.9. The summed E-state index contributed by atoms with van der Waals surface area (Å²) in [6.45, 7) is 4.35.